The van der Waals surface area contributed by atoms with E-state index in [2.05, 4.69) is 30.6 Å². The molecule has 0 fully saturated rings. The maximum absolute atomic E-state index is 12.4. The number of nitrogens with zero attached hydrogens (tertiary/aromatic N) is 3. The highest BCUT2D eigenvalue weighted by Gasteiger charge is 2.14. The lowest BCUT2D eigenvalue weighted by Gasteiger charge is -2.14. The van der Waals surface area contributed by atoms with Crippen molar-refractivity contribution in [2.75, 3.05) is 11.9 Å². The minimum Gasteiger partial charge on any atom is -0.361 e. The summed E-state index contributed by atoms with van der Waals surface area (Å²) in [6, 6.07) is 7.65. The Bertz CT molecular complexity index is 1050. The molecule has 1 aromatic carbocycles. The highest BCUT2D eigenvalue weighted by atomic mass is 35.5. The summed E-state index contributed by atoms with van der Waals surface area (Å²) in [4.78, 5) is 29.0. The fourth-order valence-electron chi connectivity index (χ4n) is 3.07. The van der Waals surface area contributed by atoms with Crippen LogP contribution in [0.1, 0.15) is 37.2 Å². The van der Waals surface area contributed by atoms with E-state index in [0.29, 0.717) is 29.9 Å². The van der Waals surface area contributed by atoms with Crippen molar-refractivity contribution in [3.05, 3.63) is 52.4 Å². The quantitative estimate of drug-likeness (QED) is 0.402. The number of halogens is 1. The number of carbonyl (C=O) groups excluding carboxylic acids is 1. The largest absolute Gasteiger partial charge is 0.361 e. The number of hydrogen-bond donors (Lipinski definition) is 3. The van der Waals surface area contributed by atoms with E-state index in [9.17, 15) is 4.79 Å². The van der Waals surface area contributed by atoms with Gasteiger partial charge in [0.15, 0.2) is 0 Å². The Labute approximate surface area is 181 Å². The van der Waals surface area contributed by atoms with Crippen LogP contribution in [0.5, 0.6) is 0 Å². The molecule has 30 heavy (non-hydrogen) atoms. The van der Waals surface area contributed by atoms with Crippen molar-refractivity contribution in [1.82, 2.24) is 20.3 Å². The monoisotopic (exact) mass is 426 g/mol. The standard InChI is InChI=1S/C22H27ClN6O/c1-5-13(2)20(30)28-21(29-22-26-14(3)10-15(4)27-22)24-9-8-16-12-25-19-7-6-17(23)11-18(16)19/h6-7,10-13,25H,5,8-9H2,1-4H3,(H2,24,26,27,28,29,30). The molecule has 3 rings (SSSR count). The van der Waals surface area contributed by atoms with E-state index >= 15 is 0 Å². The Morgan fingerprint density at radius 1 is 1.23 bits per heavy atom. The summed E-state index contributed by atoms with van der Waals surface area (Å²) in [5, 5.41) is 7.71. The van der Waals surface area contributed by atoms with Crippen LogP contribution in [-0.4, -0.2) is 33.4 Å². The second kappa shape index (κ2) is 9.71. The number of fused-ring (bicyclic) bond motifs is 1. The van der Waals surface area contributed by atoms with Crippen LogP contribution in [0.25, 0.3) is 10.9 Å². The number of rotatable bonds is 6. The fourth-order valence-corrected chi connectivity index (χ4v) is 3.24. The number of amides is 1. The van der Waals surface area contributed by atoms with E-state index in [1.807, 2.05) is 58.2 Å². The number of H-pyrrole nitrogens is 1. The zero-order valence-corrected chi connectivity index (χ0v) is 18.5. The molecule has 2 heterocycles. The summed E-state index contributed by atoms with van der Waals surface area (Å²) in [5.74, 6) is 0.553. The summed E-state index contributed by atoms with van der Waals surface area (Å²) in [6.07, 6.45) is 3.40. The van der Waals surface area contributed by atoms with Gasteiger partial charge in [-0.25, -0.2) is 9.97 Å². The Kier molecular flexibility index (Phi) is 7.05. The van der Waals surface area contributed by atoms with Crippen LogP contribution in [0.4, 0.5) is 5.95 Å². The molecule has 3 N–H and O–H groups in total. The molecule has 158 valence electrons. The van der Waals surface area contributed by atoms with Gasteiger partial charge in [-0.15, -0.1) is 0 Å². The molecule has 1 atom stereocenters. The highest BCUT2D eigenvalue weighted by Crippen LogP contribution is 2.22. The van der Waals surface area contributed by atoms with Gasteiger partial charge in [0.05, 0.1) is 0 Å². The number of aryl methyl sites for hydroxylation is 2. The number of nitrogens with one attached hydrogen (secondary N) is 3. The lowest BCUT2D eigenvalue weighted by atomic mass is 10.1. The summed E-state index contributed by atoms with van der Waals surface area (Å²) in [7, 11) is 0. The molecule has 0 saturated carbocycles. The van der Waals surface area contributed by atoms with Crippen LogP contribution in [-0.2, 0) is 11.2 Å². The van der Waals surface area contributed by atoms with Gasteiger partial charge in [-0.05, 0) is 56.5 Å². The molecule has 0 radical (unpaired) electrons. The van der Waals surface area contributed by atoms with Gasteiger partial charge in [-0.3, -0.25) is 20.4 Å². The Hall–Kier alpha value is -2.93. The lowest BCUT2D eigenvalue weighted by molar-refractivity contribution is -0.123. The molecule has 0 aliphatic rings. The zero-order chi connectivity index (χ0) is 21.7. The first kappa shape index (κ1) is 21.8. The van der Waals surface area contributed by atoms with Gasteiger partial charge < -0.3 is 4.98 Å². The molecule has 0 aliphatic carbocycles. The first-order chi connectivity index (χ1) is 14.4. The summed E-state index contributed by atoms with van der Waals surface area (Å²) >= 11 is 6.14. The Morgan fingerprint density at radius 3 is 2.67 bits per heavy atom. The number of benzene rings is 1. The number of aromatic nitrogens is 3. The van der Waals surface area contributed by atoms with Gasteiger partial charge in [-0.2, -0.15) is 0 Å². The second-order valence-corrected chi connectivity index (χ2v) is 7.82. The first-order valence-electron chi connectivity index (χ1n) is 10.1. The topological polar surface area (TPSA) is 95.1 Å². The molecule has 8 heteroatoms. The third-order valence-electron chi connectivity index (χ3n) is 4.89. The normalized spacial score (nSPS) is 12.8. The van der Waals surface area contributed by atoms with E-state index in [1.165, 1.54) is 0 Å². The molecule has 0 bridgehead atoms. The third kappa shape index (κ3) is 5.57. The SMILES string of the molecule is CCC(C)C(=O)NC(=NCCc1c[nH]c2ccc(Cl)cc12)Nc1nc(C)cc(C)n1. The average molecular weight is 427 g/mol. The predicted octanol–water partition coefficient (Wildman–Crippen LogP) is 4.40. The van der Waals surface area contributed by atoms with Gasteiger partial charge in [0.25, 0.3) is 0 Å². The van der Waals surface area contributed by atoms with Gasteiger partial charge in [-0.1, -0.05) is 25.4 Å². The Morgan fingerprint density at radius 2 is 1.97 bits per heavy atom. The maximum atomic E-state index is 12.4. The second-order valence-electron chi connectivity index (χ2n) is 7.38. The smallest absolute Gasteiger partial charge is 0.229 e. The highest BCUT2D eigenvalue weighted by molar-refractivity contribution is 6.31. The third-order valence-corrected chi connectivity index (χ3v) is 5.13. The van der Waals surface area contributed by atoms with Crippen molar-refractivity contribution in [2.45, 2.75) is 40.5 Å². The number of carbonyl (C=O) groups is 1. The van der Waals surface area contributed by atoms with E-state index in [-0.39, 0.29) is 11.8 Å². The van der Waals surface area contributed by atoms with Crippen molar-refractivity contribution in [3.63, 3.8) is 0 Å². The zero-order valence-electron chi connectivity index (χ0n) is 17.7. The van der Waals surface area contributed by atoms with E-state index in [4.69, 9.17) is 11.6 Å². The van der Waals surface area contributed by atoms with Crippen LogP contribution < -0.4 is 10.6 Å². The predicted molar refractivity (Wildman–Crippen MR) is 122 cm³/mol. The molecule has 3 aromatic rings. The van der Waals surface area contributed by atoms with Crippen molar-refractivity contribution in [1.29, 1.82) is 0 Å². The minimum absolute atomic E-state index is 0.0907. The van der Waals surface area contributed by atoms with E-state index < -0.39 is 0 Å². The van der Waals surface area contributed by atoms with Crippen molar-refractivity contribution >= 4 is 40.3 Å². The van der Waals surface area contributed by atoms with Crippen LogP contribution >= 0.6 is 11.6 Å². The summed E-state index contributed by atoms with van der Waals surface area (Å²) in [6.45, 7) is 8.14. The van der Waals surface area contributed by atoms with Crippen LogP contribution in [0.15, 0.2) is 35.5 Å². The fraction of sp³-hybridized carbons (Fsp3) is 0.364. The van der Waals surface area contributed by atoms with Crippen molar-refractivity contribution < 1.29 is 4.79 Å². The van der Waals surface area contributed by atoms with Crippen molar-refractivity contribution in [2.24, 2.45) is 10.9 Å². The summed E-state index contributed by atoms with van der Waals surface area (Å²) in [5.41, 5.74) is 3.83. The molecule has 7 nitrogen and oxygen atoms in total. The molecule has 1 unspecified atom stereocenters. The molecular weight excluding hydrogens is 400 g/mol. The number of anilines is 1. The first-order valence-corrected chi connectivity index (χ1v) is 10.4. The van der Waals surface area contributed by atoms with Gasteiger partial charge in [0.2, 0.25) is 17.8 Å². The van der Waals surface area contributed by atoms with Crippen molar-refractivity contribution in [3.8, 4) is 0 Å². The van der Waals surface area contributed by atoms with Crippen LogP contribution in [0.2, 0.25) is 5.02 Å². The Balaban J connectivity index is 1.78. The number of hydrogen-bond acceptors (Lipinski definition) is 4. The van der Waals surface area contributed by atoms with Gasteiger partial charge in [0.1, 0.15) is 0 Å². The lowest BCUT2D eigenvalue weighted by Crippen LogP contribution is -2.39. The van der Waals surface area contributed by atoms with Gasteiger partial charge in [0, 0.05) is 46.0 Å². The van der Waals surface area contributed by atoms with Crippen LogP contribution in [0.3, 0.4) is 0 Å². The molecule has 1 amide bonds. The van der Waals surface area contributed by atoms with E-state index in [0.717, 1.165) is 34.3 Å². The number of aliphatic imine (C=N–C) groups is 1. The summed E-state index contributed by atoms with van der Waals surface area (Å²) < 4.78 is 0. The molecule has 0 aliphatic heterocycles. The maximum Gasteiger partial charge on any atom is 0.229 e. The molecule has 0 spiro atoms. The molecular formula is C22H27ClN6O. The minimum atomic E-state index is -0.118. The van der Waals surface area contributed by atoms with E-state index in [1.54, 1.807) is 0 Å². The number of aromatic amines is 1. The van der Waals surface area contributed by atoms with Gasteiger partial charge >= 0.3 is 0 Å². The molecule has 0 saturated heterocycles. The van der Waals surface area contributed by atoms with Crippen LogP contribution in [0, 0.1) is 19.8 Å². The molecule has 2 aromatic heterocycles. The number of guanidine groups is 1. The average Bonchev–Trinajstić information content (AvgIpc) is 3.08.